The van der Waals surface area contributed by atoms with E-state index in [2.05, 4.69) is 43.6 Å². The normalized spacial score (nSPS) is 27.3. The summed E-state index contributed by atoms with van der Waals surface area (Å²) in [6, 6.07) is 5.64. The molecule has 2 heteroatoms. The highest BCUT2D eigenvalue weighted by Crippen LogP contribution is 2.31. The Morgan fingerprint density at radius 3 is 2.76 bits per heavy atom. The Morgan fingerprint density at radius 1 is 1.29 bits per heavy atom. The molecule has 1 fully saturated rings. The van der Waals surface area contributed by atoms with Crippen LogP contribution in [-0.4, -0.2) is 6.04 Å². The summed E-state index contributed by atoms with van der Waals surface area (Å²) in [6.07, 6.45) is 5.56. The van der Waals surface area contributed by atoms with Crippen molar-refractivity contribution in [3.05, 3.63) is 22.4 Å². The molecule has 0 spiro atoms. The fourth-order valence-corrected chi connectivity index (χ4v) is 3.70. The van der Waals surface area contributed by atoms with E-state index >= 15 is 0 Å². The van der Waals surface area contributed by atoms with Crippen molar-refractivity contribution in [2.24, 2.45) is 11.8 Å². The van der Waals surface area contributed by atoms with Gasteiger partial charge in [0.25, 0.3) is 0 Å². The van der Waals surface area contributed by atoms with Crippen LogP contribution in [-0.2, 0) is 0 Å². The lowest BCUT2D eigenvalue weighted by atomic mass is 9.79. The molecule has 1 N–H and O–H groups in total. The molecule has 0 saturated heterocycles. The van der Waals surface area contributed by atoms with Gasteiger partial charge in [-0.25, -0.2) is 0 Å². The largest absolute Gasteiger partial charge is 0.307 e. The van der Waals surface area contributed by atoms with Gasteiger partial charge in [0.15, 0.2) is 0 Å². The Morgan fingerprint density at radius 2 is 2.12 bits per heavy atom. The van der Waals surface area contributed by atoms with Crippen LogP contribution in [0.25, 0.3) is 0 Å². The van der Waals surface area contributed by atoms with Crippen LogP contribution in [0.3, 0.4) is 0 Å². The average Bonchev–Trinajstić information content (AvgIpc) is 2.82. The first-order valence-electron chi connectivity index (χ1n) is 6.96. The van der Waals surface area contributed by atoms with E-state index in [1.54, 1.807) is 0 Å². The zero-order valence-electron chi connectivity index (χ0n) is 11.3. The molecule has 0 amide bonds. The summed E-state index contributed by atoms with van der Waals surface area (Å²) in [7, 11) is 0. The average molecular weight is 251 g/mol. The molecule has 2 rings (SSSR count). The summed E-state index contributed by atoms with van der Waals surface area (Å²) in [5, 5.41) is 5.99. The first-order chi connectivity index (χ1) is 8.16. The van der Waals surface area contributed by atoms with Gasteiger partial charge in [-0.2, -0.15) is 0 Å². The van der Waals surface area contributed by atoms with Crippen molar-refractivity contribution in [1.29, 1.82) is 0 Å². The molecule has 3 atom stereocenters. The van der Waals surface area contributed by atoms with Crippen LogP contribution in [0.5, 0.6) is 0 Å². The molecule has 1 aliphatic carbocycles. The molecule has 0 bridgehead atoms. The minimum atomic E-state index is 0.519. The van der Waals surface area contributed by atoms with Crippen molar-refractivity contribution >= 4 is 11.3 Å². The van der Waals surface area contributed by atoms with Crippen molar-refractivity contribution in [3.8, 4) is 0 Å². The minimum absolute atomic E-state index is 0.519. The van der Waals surface area contributed by atoms with Gasteiger partial charge in [0, 0.05) is 17.0 Å². The lowest BCUT2D eigenvalue weighted by Crippen LogP contribution is -2.36. The Kier molecular flexibility index (Phi) is 4.63. The van der Waals surface area contributed by atoms with Crippen molar-refractivity contribution in [2.75, 3.05) is 0 Å². The lowest BCUT2D eigenvalue weighted by Gasteiger charge is -2.33. The van der Waals surface area contributed by atoms with Crippen LogP contribution >= 0.6 is 11.3 Å². The summed E-state index contributed by atoms with van der Waals surface area (Å²) < 4.78 is 0. The van der Waals surface area contributed by atoms with Crippen molar-refractivity contribution in [3.63, 3.8) is 0 Å². The standard InChI is InChI=1S/C15H25NS/c1-11(2)13-6-4-7-14(10-13)16-12(3)15-8-5-9-17-15/h5,8-9,11-14,16H,4,6-7,10H2,1-3H3/t12-,13?,14?/m1/s1. The maximum Gasteiger partial charge on any atom is 0.0388 e. The number of nitrogens with one attached hydrogen (secondary N) is 1. The van der Waals surface area contributed by atoms with E-state index in [-0.39, 0.29) is 0 Å². The van der Waals surface area contributed by atoms with E-state index in [1.165, 1.54) is 30.6 Å². The molecular weight excluding hydrogens is 226 g/mol. The van der Waals surface area contributed by atoms with Crippen molar-refractivity contribution < 1.29 is 0 Å². The first kappa shape index (κ1) is 13.1. The zero-order valence-corrected chi connectivity index (χ0v) is 12.1. The number of hydrogen-bond acceptors (Lipinski definition) is 2. The molecule has 0 aromatic carbocycles. The third kappa shape index (κ3) is 3.56. The van der Waals surface area contributed by atoms with E-state index in [9.17, 15) is 0 Å². The molecule has 1 nitrogen and oxygen atoms in total. The third-order valence-corrected chi connectivity index (χ3v) is 5.17. The van der Waals surface area contributed by atoms with Gasteiger partial charge in [-0.3, -0.25) is 0 Å². The fraction of sp³-hybridized carbons (Fsp3) is 0.733. The Hall–Kier alpha value is -0.340. The molecule has 1 aromatic rings. The zero-order chi connectivity index (χ0) is 12.3. The predicted octanol–water partition coefficient (Wildman–Crippen LogP) is 4.61. The predicted molar refractivity (Wildman–Crippen MR) is 76.5 cm³/mol. The molecule has 96 valence electrons. The fourth-order valence-electron chi connectivity index (χ4n) is 2.96. The number of rotatable bonds is 4. The van der Waals surface area contributed by atoms with Crippen molar-refractivity contribution in [1.82, 2.24) is 5.32 Å². The van der Waals surface area contributed by atoms with Gasteiger partial charge in [-0.15, -0.1) is 11.3 Å². The molecular formula is C15H25NS. The van der Waals surface area contributed by atoms with Crippen LogP contribution in [0, 0.1) is 11.8 Å². The summed E-state index contributed by atoms with van der Waals surface area (Å²) in [4.78, 5) is 1.47. The highest BCUT2D eigenvalue weighted by atomic mass is 32.1. The van der Waals surface area contributed by atoms with Crippen LogP contribution < -0.4 is 5.32 Å². The number of thiophene rings is 1. The van der Waals surface area contributed by atoms with Gasteiger partial charge in [-0.05, 0) is 43.0 Å². The van der Waals surface area contributed by atoms with Gasteiger partial charge >= 0.3 is 0 Å². The summed E-state index contributed by atoms with van der Waals surface area (Å²) in [6.45, 7) is 7.04. The second kappa shape index (κ2) is 6.01. The van der Waals surface area contributed by atoms with E-state index in [4.69, 9.17) is 0 Å². The maximum atomic E-state index is 3.82. The summed E-state index contributed by atoms with van der Waals surface area (Å²) >= 11 is 1.86. The summed E-state index contributed by atoms with van der Waals surface area (Å²) in [5.41, 5.74) is 0. The lowest BCUT2D eigenvalue weighted by molar-refractivity contribution is 0.223. The first-order valence-corrected chi connectivity index (χ1v) is 7.84. The molecule has 1 aromatic heterocycles. The highest BCUT2D eigenvalue weighted by molar-refractivity contribution is 7.10. The van der Waals surface area contributed by atoms with Gasteiger partial charge in [0.1, 0.15) is 0 Å². The molecule has 1 heterocycles. The summed E-state index contributed by atoms with van der Waals surface area (Å²) in [5.74, 6) is 1.77. The van der Waals surface area contributed by atoms with E-state index < -0.39 is 0 Å². The van der Waals surface area contributed by atoms with Crippen LogP contribution in [0.1, 0.15) is 57.4 Å². The van der Waals surface area contributed by atoms with Crippen LogP contribution in [0.2, 0.25) is 0 Å². The van der Waals surface area contributed by atoms with E-state index in [1.807, 2.05) is 11.3 Å². The minimum Gasteiger partial charge on any atom is -0.307 e. The van der Waals surface area contributed by atoms with Gasteiger partial charge in [-0.1, -0.05) is 32.8 Å². The molecule has 1 saturated carbocycles. The molecule has 0 aliphatic heterocycles. The second-order valence-corrected chi connectivity index (χ2v) is 6.75. The molecule has 0 radical (unpaired) electrons. The quantitative estimate of drug-likeness (QED) is 0.823. The third-order valence-electron chi connectivity index (χ3n) is 4.11. The van der Waals surface area contributed by atoms with Crippen LogP contribution in [0.15, 0.2) is 17.5 Å². The highest BCUT2D eigenvalue weighted by Gasteiger charge is 2.25. The van der Waals surface area contributed by atoms with E-state index in [0.717, 1.165) is 17.9 Å². The Bertz CT molecular complexity index is 318. The molecule has 2 unspecified atom stereocenters. The van der Waals surface area contributed by atoms with Gasteiger partial charge in [0.2, 0.25) is 0 Å². The van der Waals surface area contributed by atoms with Crippen LogP contribution in [0.4, 0.5) is 0 Å². The smallest absolute Gasteiger partial charge is 0.0388 e. The molecule has 1 aliphatic rings. The Balaban J connectivity index is 1.86. The SMILES string of the molecule is CC(C)C1CCCC(N[C@H](C)c2cccs2)C1. The van der Waals surface area contributed by atoms with Gasteiger partial charge < -0.3 is 5.32 Å². The second-order valence-electron chi connectivity index (χ2n) is 5.77. The topological polar surface area (TPSA) is 12.0 Å². The Labute approximate surface area is 110 Å². The van der Waals surface area contributed by atoms with Gasteiger partial charge in [0.05, 0.1) is 0 Å². The maximum absolute atomic E-state index is 3.82. The molecule has 17 heavy (non-hydrogen) atoms. The van der Waals surface area contributed by atoms with Crippen molar-refractivity contribution in [2.45, 2.75) is 58.5 Å². The number of hydrogen-bond donors (Lipinski definition) is 1. The monoisotopic (exact) mass is 251 g/mol. The van der Waals surface area contributed by atoms with E-state index in [0.29, 0.717) is 6.04 Å².